The van der Waals surface area contributed by atoms with E-state index in [0.29, 0.717) is 12.2 Å². The van der Waals surface area contributed by atoms with Crippen molar-refractivity contribution in [2.75, 3.05) is 7.11 Å². The molecule has 0 saturated heterocycles. The lowest BCUT2D eigenvalue weighted by molar-refractivity contribution is -0.136. The molecule has 0 aliphatic rings. The quantitative estimate of drug-likeness (QED) is 0.881. The molecule has 1 aromatic carbocycles. The van der Waals surface area contributed by atoms with Gasteiger partial charge in [0.05, 0.1) is 13.0 Å². The lowest BCUT2D eigenvalue weighted by Crippen LogP contribution is -2.01. The molecule has 0 amide bonds. The van der Waals surface area contributed by atoms with Crippen molar-refractivity contribution >= 4 is 21.9 Å². The number of hydrogen-bond acceptors (Lipinski definition) is 3. The van der Waals surface area contributed by atoms with Gasteiger partial charge in [0.1, 0.15) is 5.75 Å². The summed E-state index contributed by atoms with van der Waals surface area (Å²) in [6, 6.07) is 3.10. The van der Waals surface area contributed by atoms with Crippen LogP contribution in [0.2, 0.25) is 0 Å². The maximum atomic E-state index is 10.5. The summed E-state index contributed by atoms with van der Waals surface area (Å²) >= 11 is 3.29. The standard InChI is InChI=1S/C10H11BrO4/c1-15-5-7-3-9(12)6(2-8(7)11)4-10(13)14/h2-3,12H,4-5H2,1H3,(H,13,14). The number of benzene rings is 1. The van der Waals surface area contributed by atoms with E-state index in [0.717, 1.165) is 10.0 Å². The van der Waals surface area contributed by atoms with E-state index >= 15 is 0 Å². The Hall–Kier alpha value is -1.07. The van der Waals surface area contributed by atoms with Crippen LogP contribution in [-0.4, -0.2) is 23.3 Å². The van der Waals surface area contributed by atoms with Crippen LogP contribution in [-0.2, 0) is 22.6 Å². The van der Waals surface area contributed by atoms with Gasteiger partial charge in [-0.2, -0.15) is 0 Å². The third-order valence-electron chi connectivity index (χ3n) is 1.89. The van der Waals surface area contributed by atoms with Gasteiger partial charge in [-0.15, -0.1) is 0 Å². The Bertz CT molecular complexity index is 376. The molecule has 0 fully saturated rings. The average Bonchev–Trinajstić information content (AvgIpc) is 2.13. The van der Waals surface area contributed by atoms with Crippen LogP contribution < -0.4 is 0 Å². The number of carboxylic acid groups (broad SMARTS) is 1. The molecule has 15 heavy (non-hydrogen) atoms. The summed E-state index contributed by atoms with van der Waals surface area (Å²) in [5, 5.41) is 18.2. The number of phenolic OH excluding ortho intramolecular Hbond substituents is 1. The van der Waals surface area contributed by atoms with Crippen molar-refractivity contribution in [3.05, 3.63) is 27.7 Å². The van der Waals surface area contributed by atoms with Crippen LogP contribution in [0.15, 0.2) is 16.6 Å². The summed E-state index contributed by atoms with van der Waals surface area (Å²) < 4.78 is 5.66. The topological polar surface area (TPSA) is 66.8 Å². The highest BCUT2D eigenvalue weighted by Crippen LogP contribution is 2.27. The van der Waals surface area contributed by atoms with Crippen molar-refractivity contribution in [1.82, 2.24) is 0 Å². The first-order valence-electron chi connectivity index (χ1n) is 4.25. The monoisotopic (exact) mass is 274 g/mol. The van der Waals surface area contributed by atoms with Crippen LogP contribution in [0.25, 0.3) is 0 Å². The first-order valence-corrected chi connectivity index (χ1v) is 5.05. The Morgan fingerprint density at radius 3 is 2.67 bits per heavy atom. The van der Waals surface area contributed by atoms with E-state index in [1.54, 1.807) is 13.2 Å². The molecule has 0 saturated carbocycles. The lowest BCUT2D eigenvalue weighted by Gasteiger charge is -2.08. The molecule has 4 nitrogen and oxygen atoms in total. The summed E-state index contributed by atoms with van der Waals surface area (Å²) in [6.07, 6.45) is -0.197. The molecule has 1 aromatic rings. The smallest absolute Gasteiger partial charge is 0.307 e. The van der Waals surface area contributed by atoms with Crippen molar-refractivity contribution in [3.8, 4) is 5.75 Å². The molecule has 0 atom stereocenters. The molecule has 0 heterocycles. The predicted octanol–water partition coefficient (Wildman–Crippen LogP) is 1.93. The first kappa shape index (κ1) is 12.0. The Balaban J connectivity index is 3.02. The summed E-state index contributed by atoms with van der Waals surface area (Å²) in [7, 11) is 1.55. The van der Waals surface area contributed by atoms with Gasteiger partial charge >= 0.3 is 5.97 Å². The fourth-order valence-corrected chi connectivity index (χ4v) is 1.72. The lowest BCUT2D eigenvalue weighted by atomic mass is 10.1. The second-order valence-corrected chi connectivity index (χ2v) is 3.93. The Labute approximate surface area is 95.6 Å². The van der Waals surface area contributed by atoms with Crippen LogP contribution in [0.3, 0.4) is 0 Å². The number of hydrogen-bond donors (Lipinski definition) is 2. The maximum Gasteiger partial charge on any atom is 0.307 e. The van der Waals surface area contributed by atoms with Crippen molar-refractivity contribution in [3.63, 3.8) is 0 Å². The SMILES string of the molecule is COCc1cc(O)c(CC(=O)O)cc1Br. The molecule has 0 aromatic heterocycles. The summed E-state index contributed by atoms with van der Waals surface area (Å²) in [5.41, 5.74) is 1.17. The van der Waals surface area contributed by atoms with Crippen LogP contribution in [0.4, 0.5) is 0 Å². The summed E-state index contributed by atoms with van der Waals surface area (Å²) in [4.78, 5) is 10.5. The van der Waals surface area contributed by atoms with Crippen LogP contribution >= 0.6 is 15.9 Å². The van der Waals surface area contributed by atoms with E-state index in [-0.39, 0.29) is 12.2 Å². The Morgan fingerprint density at radius 2 is 2.13 bits per heavy atom. The van der Waals surface area contributed by atoms with E-state index in [1.807, 2.05) is 0 Å². The van der Waals surface area contributed by atoms with Gasteiger partial charge in [-0.3, -0.25) is 4.79 Å². The maximum absolute atomic E-state index is 10.5. The number of carboxylic acids is 1. The van der Waals surface area contributed by atoms with Gasteiger partial charge < -0.3 is 14.9 Å². The molecule has 0 aliphatic heterocycles. The van der Waals surface area contributed by atoms with E-state index in [4.69, 9.17) is 9.84 Å². The highest BCUT2D eigenvalue weighted by Gasteiger charge is 2.10. The minimum atomic E-state index is -0.975. The number of carbonyl (C=O) groups is 1. The van der Waals surface area contributed by atoms with E-state index in [9.17, 15) is 9.90 Å². The van der Waals surface area contributed by atoms with E-state index in [1.165, 1.54) is 6.07 Å². The second kappa shape index (κ2) is 5.14. The number of phenols is 1. The molecular weight excluding hydrogens is 264 g/mol. The van der Waals surface area contributed by atoms with Crippen LogP contribution in [0.5, 0.6) is 5.75 Å². The molecule has 1 rings (SSSR count). The molecule has 0 unspecified atom stereocenters. The van der Waals surface area contributed by atoms with Gasteiger partial charge in [0.25, 0.3) is 0 Å². The number of methoxy groups -OCH3 is 1. The molecule has 0 radical (unpaired) electrons. The highest BCUT2D eigenvalue weighted by molar-refractivity contribution is 9.10. The highest BCUT2D eigenvalue weighted by atomic mass is 79.9. The third-order valence-corrected chi connectivity index (χ3v) is 2.63. The van der Waals surface area contributed by atoms with Gasteiger partial charge in [0.15, 0.2) is 0 Å². The number of ether oxygens (including phenoxy) is 1. The van der Waals surface area contributed by atoms with Gasteiger partial charge in [-0.05, 0) is 17.7 Å². The average molecular weight is 275 g/mol. The zero-order valence-corrected chi connectivity index (χ0v) is 9.74. The normalized spacial score (nSPS) is 10.3. The summed E-state index contributed by atoms with van der Waals surface area (Å²) in [5.74, 6) is -0.996. The van der Waals surface area contributed by atoms with Crippen molar-refractivity contribution < 1.29 is 19.7 Å². The third kappa shape index (κ3) is 3.21. The van der Waals surface area contributed by atoms with Crippen LogP contribution in [0, 0.1) is 0 Å². The molecule has 0 aliphatic carbocycles. The number of aliphatic carboxylic acids is 1. The zero-order valence-electron chi connectivity index (χ0n) is 8.16. The largest absolute Gasteiger partial charge is 0.508 e. The van der Waals surface area contributed by atoms with Gasteiger partial charge in [0, 0.05) is 17.1 Å². The molecule has 5 heteroatoms. The fraction of sp³-hybridized carbons (Fsp3) is 0.300. The second-order valence-electron chi connectivity index (χ2n) is 3.08. The van der Waals surface area contributed by atoms with Crippen molar-refractivity contribution in [2.45, 2.75) is 13.0 Å². The Kier molecular flexibility index (Phi) is 4.11. The molecule has 2 N–H and O–H groups in total. The fourth-order valence-electron chi connectivity index (χ4n) is 1.22. The van der Waals surface area contributed by atoms with Crippen LogP contribution in [0.1, 0.15) is 11.1 Å². The first-order chi connectivity index (χ1) is 7.04. The Morgan fingerprint density at radius 1 is 1.47 bits per heavy atom. The van der Waals surface area contributed by atoms with Gasteiger partial charge in [0.2, 0.25) is 0 Å². The molecule has 0 spiro atoms. The number of halogens is 1. The van der Waals surface area contributed by atoms with Crippen molar-refractivity contribution in [2.24, 2.45) is 0 Å². The van der Waals surface area contributed by atoms with Gasteiger partial charge in [-0.1, -0.05) is 15.9 Å². The van der Waals surface area contributed by atoms with E-state index in [2.05, 4.69) is 15.9 Å². The molecule has 82 valence electrons. The number of rotatable bonds is 4. The molecular formula is C10H11BrO4. The number of aromatic hydroxyl groups is 1. The minimum absolute atomic E-state index is 0.0207. The molecule has 0 bridgehead atoms. The zero-order chi connectivity index (χ0) is 11.4. The summed E-state index contributed by atoms with van der Waals surface area (Å²) in [6.45, 7) is 0.363. The van der Waals surface area contributed by atoms with E-state index < -0.39 is 5.97 Å². The van der Waals surface area contributed by atoms with Crippen molar-refractivity contribution in [1.29, 1.82) is 0 Å². The van der Waals surface area contributed by atoms with Gasteiger partial charge in [-0.25, -0.2) is 0 Å². The minimum Gasteiger partial charge on any atom is -0.508 e. The predicted molar refractivity (Wildman–Crippen MR) is 57.9 cm³/mol.